The van der Waals surface area contributed by atoms with Crippen molar-refractivity contribution in [3.63, 3.8) is 0 Å². The number of piperidine rings is 1. The van der Waals surface area contributed by atoms with Crippen LogP contribution in [0, 0.1) is 5.92 Å². The van der Waals surface area contributed by atoms with Crippen molar-refractivity contribution in [2.45, 2.75) is 37.8 Å². The van der Waals surface area contributed by atoms with Crippen LogP contribution in [-0.2, 0) is 4.74 Å². The van der Waals surface area contributed by atoms with E-state index in [1.54, 1.807) is 18.6 Å². The molecule has 3 atom stereocenters. The molecule has 0 N–H and O–H groups in total. The largest absolute Gasteiger partial charge is 0.374 e. The molecule has 0 aromatic carbocycles. The summed E-state index contributed by atoms with van der Waals surface area (Å²) in [4.78, 5) is 25.6. The Morgan fingerprint density at radius 2 is 2.20 bits per heavy atom. The minimum atomic E-state index is -0.0196. The van der Waals surface area contributed by atoms with Crippen LogP contribution in [0.25, 0.3) is 0 Å². The van der Waals surface area contributed by atoms with E-state index in [-0.39, 0.29) is 18.1 Å². The van der Waals surface area contributed by atoms with Crippen molar-refractivity contribution in [2.24, 2.45) is 5.92 Å². The lowest BCUT2D eigenvalue weighted by molar-refractivity contribution is -0.0919. The predicted octanol–water partition coefficient (Wildman–Crippen LogP) is 1.75. The molecule has 0 bridgehead atoms. The number of aromatic nitrogens is 2. The lowest BCUT2D eigenvalue weighted by atomic mass is 9.92. The Kier molecular flexibility index (Phi) is 5.08. The quantitative estimate of drug-likeness (QED) is 0.783. The maximum Gasteiger partial charge on any atom is 0.274 e. The van der Waals surface area contributed by atoms with Gasteiger partial charge in [0.15, 0.2) is 0 Å². The Bertz CT molecular complexity index is 621. The van der Waals surface area contributed by atoms with Gasteiger partial charge in [0.2, 0.25) is 0 Å². The number of hydrogen-bond donors (Lipinski definition) is 0. The molecule has 2 fully saturated rings. The second-order valence-electron chi connectivity index (χ2n) is 7.26. The third-order valence-electron chi connectivity index (χ3n) is 5.61. The zero-order valence-electron chi connectivity index (χ0n) is 14.6. The number of morpholine rings is 1. The summed E-state index contributed by atoms with van der Waals surface area (Å²) in [6.45, 7) is 4.34. The number of hydrogen-bond acceptors (Lipinski definition) is 5. The van der Waals surface area contributed by atoms with Gasteiger partial charge in [-0.05, 0) is 31.6 Å². The van der Waals surface area contributed by atoms with Crippen LogP contribution in [0.2, 0.25) is 0 Å². The van der Waals surface area contributed by atoms with E-state index < -0.39 is 0 Å². The molecule has 1 amide bonds. The van der Waals surface area contributed by atoms with Crippen LogP contribution in [0.4, 0.5) is 0 Å². The fourth-order valence-electron chi connectivity index (χ4n) is 4.30. The smallest absolute Gasteiger partial charge is 0.274 e. The van der Waals surface area contributed by atoms with E-state index in [2.05, 4.69) is 27.0 Å². The summed E-state index contributed by atoms with van der Waals surface area (Å²) in [5.74, 6) is 0.726. The first-order chi connectivity index (χ1) is 12.3. The molecule has 6 nitrogen and oxygen atoms in total. The van der Waals surface area contributed by atoms with E-state index in [9.17, 15) is 4.79 Å². The lowest BCUT2D eigenvalue weighted by Crippen LogP contribution is -2.61. The molecule has 0 spiro atoms. The van der Waals surface area contributed by atoms with E-state index in [1.165, 1.54) is 19.3 Å². The molecule has 2 saturated heterocycles. The Balaban J connectivity index is 1.44. The number of likely N-dealkylation sites (tertiary alicyclic amines) is 1. The van der Waals surface area contributed by atoms with Gasteiger partial charge < -0.3 is 14.5 Å². The van der Waals surface area contributed by atoms with Gasteiger partial charge in [0.1, 0.15) is 5.69 Å². The van der Waals surface area contributed by atoms with Crippen molar-refractivity contribution < 1.29 is 9.53 Å². The van der Waals surface area contributed by atoms with Crippen LogP contribution >= 0.6 is 0 Å². The van der Waals surface area contributed by atoms with E-state index in [4.69, 9.17) is 4.74 Å². The predicted molar refractivity (Wildman–Crippen MR) is 94.1 cm³/mol. The molecule has 1 aromatic heterocycles. The highest BCUT2D eigenvalue weighted by molar-refractivity contribution is 5.92. The standard InChI is InChI=1S/C19H26N4O2/c24-19(16-12-20-7-8-21-16)23-10-11-25-18-6-9-22(14-17(18)23)13-15-4-2-1-3-5-15/h1-2,7-8,12,15,17-18H,3-6,9-11,13-14H2/t15-,17+,18+/m1/s1. The van der Waals surface area contributed by atoms with Gasteiger partial charge in [-0.3, -0.25) is 9.78 Å². The number of carbonyl (C=O) groups is 1. The zero-order valence-corrected chi connectivity index (χ0v) is 14.6. The Labute approximate surface area is 148 Å². The van der Waals surface area contributed by atoms with Gasteiger partial charge in [-0.1, -0.05) is 12.2 Å². The number of fused-ring (bicyclic) bond motifs is 1. The molecule has 25 heavy (non-hydrogen) atoms. The summed E-state index contributed by atoms with van der Waals surface area (Å²) < 4.78 is 5.97. The minimum Gasteiger partial charge on any atom is -0.374 e. The van der Waals surface area contributed by atoms with Crippen molar-refractivity contribution in [2.75, 3.05) is 32.8 Å². The summed E-state index contributed by atoms with van der Waals surface area (Å²) in [5.41, 5.74) is 0.428. The van der Waals surface area contributed by atoms with E-state index >= 15 is 0 Å². The second kappa shape index (κ2) is 7.62. The monoisotopic (exact) mass is 342 g/mol. The van der Waals surface area contributed by atoms with Crippen LogP contribution in [0.1, 0.15) is 36.2 Å². The number of allylic oxidation sites excluding steroid dienone is 2. The number of nitrogens with zero attached hydrogens (tertiary/aromatic N) is 4. The van der Waals surface area contributed by atoms with Crippen molar-refractivity contribution in [1.29, 1.82) is 0 Å². The van der Waals surface area contributed by atoms with Gasteiger partial charge in [-0.2, -0.15) is 0 Å². The maximum absolute atomic E-state index is 12.9. The molecule has 3 heterocycles. The Morgan fingerprint density at radius 3 is 3.00 bits per heavy atom. The number of amides is 1. The van der Waals surface area contributed by atoms with E-state index in [1.807, 2.05) is 4.90 Å². The van der Waals surface area contributed by atoms with Crippen molar-refractivity contribution in [1.82, 2.24) is 19.8 Å². The summed E-state index contributed by atoms with van der Waals surface area (Å²) in [6.07, 6.45) is 14.1. The minimum absolute atomic E-state index is 0.0196. The molecule has 6 heteroatoms. The zero-order chi connectivity index (χ0) is 17.1. The summed E-state index contributed by atoms with van der Waals surface area (Å²) >= 11 is 0. The van der Waals surface area contributed by atoms with Gasteiger partial charge in [0, 0.05) is 38.6 Å². The molecular formula is C19H26N4O2. The number of ether oxygens (including phenoxy) is 1. The Morgan fingerprint density at radius 1 is 1.24 bits per heavy atom. The fourth-order valence-corrected chi connectivity index (χ4v) is 4.30. The van der Waals surface area contributed by atoms with Crippen LogP contribution in [-0.4, -0.2) is 70.6 Å². The molecule has 2 aliphatic heterocycles. The van der Waals surface area contributed by atoms with Gasteiger partial charge in [0.25, 0.3) is 5.91 Å². The fraction of sp³-hybridized carbons (Fsp3) is 0.632. The molecular weight excluding hydrogens is 316 g/mol. The third kappa shape index (κ3) is 3.75. The molecule has 4 rings (SSSR count). The summed E-state index contributed by atoms with van der Waals surface area (Å²) in [7, 11) is 0. The molecule has 0 unspecified atom stereocenters. The Hall–Kier alpha value is -1.79. The molecule has 3 aliphatic rings. The second-order valence-corrected chi connectivity index (χ2v) is 7.26. The SMILES string of the molecule is O=C(c1cnccn1)N1CCO[C@H]2CCN(C[C@@H]3CC=CCC3)C[C@@H]21. The average Bonchev–Trinajstić information content (AvgIpc) is 2.68. The normalized spacial score (nSPS) is 30.1. The highest BCUT2D eigenvalue weighted by atomic mass is 16.5. The highest BCUT2D eigenvalue weighted by Crippen LogP contribution is 2.27. The lowest BCUT2D eigenvalue weighted by Gasteiger charge is -2.47. The summed E-state index contributed by atoms with van der Waals surface area (Å²) in [6, 6.07) is 0.121. The topological polar surface area (TPSA) is 58.6 Å². The maximum atomic E-state index is 12.9. The van der Waals surface area contributed by atoms with Crippen LogP contribution in [0.15, 0.2) is 30.7 Å². The number of rotatable bonds is 3. The third-order valence-corrected chi connectivity index (χ3v) is 5.61. The van der Waals surface area contributed by atoms with Gasteiger partial charge in [-0.15, -0.1) is 0 Å². The first-order valence-electron chi connectivity index (χ1n) is 9.37. The van der Waals surface area contributed by atoms with E-state index in [0.29, 0.717) is 18.8 Å². The first-order valence-corrected chi connectivity index (χ1v) is 9.37. The van der Waals surface area contributed by atoms with Crippen LogP contribution < -0.4 is 0 Å². The van der Waals surface area contributed by atoms with Gasteiger partial charge in [-0.25, -0.2) is 4.98 Å². The molecule has 134 valence electrons. The molecule has 1 aromatic rings. The molecule has 0 saturated carbocycles. The molecule has 1 aliphatic carbocycles. The average molecular weight is 342 g/mol. The number of carbonyl (C=O) groups excluding carboxylic acids is 1. The van der Waals surface area contributed by atoms with E-state index in [0.717, 1.165) is 32.0 Å². The first kappa shape index (κ1) is 16.7. The highest BCUT2D eigenvalue weighted by Gasteiger charge is 2.40. The van der Waals surface area contributed by atoms with Crippen molar-refractivity contribution in [3.05, 3.63) is 36.4 Å². The van der Waals surface area contributed by atoms with Gasteiger partial charge in [0.05, 0.1) is 24.9 Å². The molecule has 0 radical (unpaired) electrons. The van der Waals surface area contributed by atoms with Crippen LogP contribution in [0.3, 0.4) is 0 Å². The van der Waals surface area contributed by atoms with Gasteiger partial charge >= 0.3 is 0 Å². The van der Waals surface area contributed by atoms with Crippen molar-refractivity contribution >= 4 is 5.91 Å². The van der Waals surface area contributed by atoms with Crippen molar-refractivity contribution in [3.8, 4) is 0 Å². The summed E-state index contributed by atoms with van der Waals surface area (Å²) in [5, 5.41) is 0. The van der Waals surface area contributed by atoms with Crippen LogP contribution in [0.5, 0.6) is 0 Å².